The van der Waals surface area contributed by atoms with Gasteiger partial charge in [0.15, 0.2) is 5.96 Å². The summed E-state index contributed by atoms with van der Waals surface area (Å²) in [6.45, 7) is 4.81. The molecule has 0 bridgehead atoms. The summed E-state index contributed by atoms with van der Waals surface area (Å²) in [7, 11) is 1.97. The molecule has 1 N–H and O–H groups in total. The third kappa shape index (κ3) is 6.39. The third-order valence-corrected chi connectivity index (χ3v) is 5.45. The molecule has 0 aliphatic carbocycles. The summed E-state index contributed by atoms with van der Waals surface area (Å²) in [6, 6.07) is 10.9. The molecule has 0 unspecified atom stereocenters. The molecule has 6 nitrogen and oxygen atoms in total. The van der Waals surface area contributed by atoms with Crippen LogP contribution in [0, 0.1) is 5.82 Å². The summed E-state index contributed by atoms with van der Waals surface area (Å²) >= 11 is 1.75. The Labute approximate surface area is 175 Å². The maximum atomic E-state index is 13.5. The van der Waals surface area contributed by atoms with Gasteiger partial charge in [0, 0.05) is 50.9 Å². The lowest BCUT2D eigenvalue weighted by Gasteiger charge is -2.23. The molecule has 0 fully saturated rings. The van der Waals surface area contributed by atoms with Gasteiger partial charge >= 0.3 is 0 Å². The van der Waals surface area contributed by atoms with E-state index in [2.05, 4.69) is 40.0 Å². The standard InChI is InChI=1S/C21H27FN6S/c1-3-20-26-25-16-28(20)12-11-24-21(23-10-9-19-8-5-13-29-19)27(2)15-17-6-4-7-18(22)14-17/h4-8,13-14,16H,3,9-12,15H2,1-2H3,(H,23,24). The molecular weight excluding hydrogens is 387 g/mol. The predicted molar refractivity (Wildman–Crippen MR) is 116 cm³/mol. The number of guanidine groups is 1. The number of rotatable bonds is 9. The zero-order valence-electron chi connectivity index (χ0n) is 16.9. The number of aliphatic imine (C=N–C) groups is 1. The number of benzene rings is 1. The summed E-state index contributed by atoms with van der Waals surface area (Å²) < 4.78 is 15.6. The van der Waals surface area contributed by atoms with Crippen molar-refractivity contribution in [2.24, 2.45) is 4.99 Å². The fraction of sp³-hybridized carbons (Fsp3) is 0.381. The third-order valence-electron chi connectivity index (χ3n) is 4.52. The topological polar surface area (TPSA) is 58.3 Å². The first-order chi connectivity index (χ1) is 14.2. The lowest BCUT2D eigenvalue weighted by atomic mass is 10.2. The predicted octanol–water partition coefficient (Wildman–Crippen LogP) is 3.36. The fourth-order valence-electron chi connectivity index (χ4n) is 3.05. The van der Waals surface area contributed by atoms with Crippen LogP contribution in [0.25, 0.3) is 0 Å². The Kier molecular flexibility index (Phi) is 7.75. The Bertz CT molecular complexity index is 906. The highest BCUT2D eigenvalue weighted by atomic mass is 32.1. The van der Waals surface area contributed by atoms with Crippen molar-refractivity contribution in [1.82, 2.24) is 25.0 Å². The van der Waals surface area contributed by atoms with Crippen LogP contribution in [0.3, 0.4) is 0 Å². The Morgan fingerprint density at radius 3 is 2.97 bits per heavy atom. The summed E-state index contributed by atoms with van der Waals surface area (Å²) in [5.41, 5.74) is 0.910. The van der Waals surface area contributed by atoms with Gasteiger partial charge in [-0.05, 0) is 29.1 Å². The molecule has 0 aliphatic rings. The van der Waals surface area contributed by atoms with Gasteiger partial charge in [0.1, 0.15) is 18.0 Å². The van der Waals surface area contributed by atoms with Gasteiger partial charge in [-0.25, -0.2) is 4.39 Å². The molecule has 3 rings (SSSR count). The molecule has 0 radical (unpaired) electrons. The maximum Gasteiger partial charge on any atom is 0.194 e. The van der Waals surface area contributed by atoms with Crippen LogP contribution < -0.4 is 5.32 Å². The van der Waals surface area contributed by atoms with Gasteiger partial charge in [-0.3, -0.25) is 4.99 Å². The Morgan fingerprint density at radius 1 is 1.31 bits per heavy atom. The minimum atomic E-state index is -0.222. The molecule has 0 spiro atoms. The van der Waals surface area contributed by atoms with E-state index in [1.54, 1.807) is 29.8 Å². The van der Waals surface area contributed by atoms with Crippen LogP contribution in [-0.2, 0) is 25.9 Å². The number of aryl methyl sites for hydroxylation is 1. The second-order valence-corrected chi connectivity index (χ2v) is 7.77. The molecule has 2 heterocycles. The number of hydrogen-bond donors (Lipinski definition) is 1. The number of nitrogens with zero attached hydrogens (tertiary/aromatic N) is 5. The van der Waals surface area contributed by atoms with E-state index < -0.39 is 0 Å². The summed E-state index contributed by atoms with van der Waals surface area (Å²) in [6.07, 6.45) is 3.51. The van der Waals surface area contributed by atoms with Crippen LogP contribution in [0.1, 0.15) is 23.2 Å². The largest absolute Gasteiger partial charge is 0.354 e. The van der Waals surface area contributed by atoms with Crippen LogP contribution in [0.4, 0.5) is 4.39 Å². The first kappa shape index (κ1) is 21.0. The Hall–Kier alpha value is -2.74. The highest BCUT2D eigenvalue weighted by molar-refractivity contribution is 7.09. The number of aromatic nitrogens is 3. The van der Waals surface area contributed by atoms with E-state index in [1.807, 2.05) is 22.6 Å². The summed E-state index contributed by atoms with van der Waals surface area (Å²) in [4.78, 5) is 8.12. The molecule has 29 heavy (non-hydrogen) atoms. The van der Waals surface area contributed by atoms with E-state index >= 15 is 0 Å². The van der Waals surface area contributed by atoms with Crippen molar-refractivity contribution in [3.8, 4) is 0 Å². The normalized spacial score (nSPS) is 11.6. The second kappa shape index (κ2) is 10.7. The maximum absolute atomic E-state index is 13.5. The molecule has 0 saturated carbocycles. The first-order valence-corrected chi connectivity index (χ1v) is 10.7. The lowest BCUT2D eigenvalue weighted by molar-refractivity contribution is 0.469. The summed E-state index contributed by atoms with van der Waals surface area (Å²) in [5.74, 6) is 1.55. The van der Waals surface area contributed by atoms with Gasteiger partial charge in [-0.2, -0.15) is 0 Å². The van der Waals surface area contributed by atoms with E-state index in [9.17, 15) is 4.39 Å². The van der Waals surface area contributed by atoms with Crippen molar-refractivity contribution < 1.29 is 4.39 Å². The molecule has 0 saturated heterocycles. The van der Waals surface area contributed by atoms with Crippen molar-refractivity contribution >= 4 is 17.3 Å². The summed E-state index contributed by atoms with van der Waals surface area (Å²) in [5, 5.41) is 13.6. The number of hydrogen-bond acceptors (Lipinski definition) is 4. The van der Waals surface area contributed by atoms with Crippen LogP contribution in [-0.4, -0.2) is 45.8 Å². The van der Waals surface area contributed by atoms with Crippen molar-refractivity contribution in [1.29, 1.82) is 0 Å². The van der Waals surface area contributed by atoms with Gasteiger partial charge in [0.05, 0.1) is 0 Å². The van der Waals surface area contributed by atoms with Gasteiger partial charge < -0.3 is 14.8 Å². The molecule has 0 atom stereocenters. The van der Waals surface area contributed by atoms with Gasteiger partial charge in [0.2, 0.25) is 0 Å². The van der Waals surface area contributed by atoms with Crippen LogP contribution >= 0.6 is 11.3 Å². The molecular formula is C21H27FN6S. The average Bonchev–Trinajstić information content (AvgIpc) is 3.38. The zero-order valence-corrected chi connectivity index (χ0v) is 17.7. The van der Waals surface area contributed by atoms with Gasteiger partial charge in [-0.1, -0.05) is 25.1 Å². The number of nitrogens with one attached hydrogen (secondary N) is 1. The molecule has 154 valence electrons. The molecule has 0 aliphatic heterocycles. The quantitative estimate of drug-likeness (QED) is 0.431. The SMILES string of the molecule is CCc1nncn1CCNC(=NCCc1cccs1)N(C)Cc1cccc(F)c1. The molecule has 0 amide bonds. The van der Waals surface area contributed by atoms with Crippen LogP contribution in [0.2, 0.25) is 0 Å². The Morgan fingerprint density at radius 2 is 2.21 bits per heavy atom. The minimum Gasteiger partial charge on any atom is -0.354 e. The Balaban J connectivity index is 1.62. The van der Waals surface area contributed by atoms with Gasteiger partial charge in [-0.15, -0.1) is 21.5 Å². The highest BCUT2D eigenvalue weighted by Gasteiger charge is 2.09. The average molecular weight is 415 g/mol. The van der Waals surface area contributed by atoms with Gasteiger partial charge in [0.25, 0.3) is 0 Å². The lowest BCUT2D eigenvalue weighted by Crippen LogP contribution is -2.40. The molecule has 1 aromatic carbocycles. The van der Waals surface area contributed by atoms with Crippen LogP contribution in [0.15, 0.2) is 53.1 Å². The van der Waals surface area contributed by atoms with Crippen molar-refractivity contribution in [3.05, 3.63) is 70.2 Å². The van der Waals surface area contributed by atoms with E-state index in [0.29, 0.717) is 19.6 Å². The first-order valence-electron chi connectivity index (χ1n) is 9.78. The second-order valence-electron chi connectivity index (χ2n) is 6.74. The van der Waals surface area contributed by atoms with E-state index in [-0.39, 0.29) is 5.82 Å². The van der Waals surface area contributed by atoms with E-state index in [1.165, 1.54) is 10.9 Å². The zero-order chi connectivity index (χ0) is 20.5. The smallest absolute Gasteiger partial charge is 0.194 e. The minimum absolute atomic E-state index is 0.222. The number of halogens is 1. The monoisotopic (exact) mass is 414 g/mol. The fourth-order valence-corrected chi connectivity index (χ4v) is 3.75. The number of thiophene rings is 1. The van der Waals surface area contributed by atoms with E-state index in [4.69, 9.17) is 4.99 Å². The van der Waals surface area contributed by atoms with Crippen molar-refractivity contribution in [3.63, 3.8) is 0 Å². The molecule has 3 aromatic rings. The van der Waals surface area contributed by atoms with E-state index in [0.717, 1.165) is 36.7 Å². The van der Waals surface area contributed by atoms with Crippen molar-refractivity contribution in [2.75, 3.05) is 20.1 Å². The molecule has 2 aromatic heterocycles. The van der Waals surface area contributed by atoms with Crippen LogP contribution in [0.5, 0.6) is 0 Å². The highest BCUT2D eigenvalue weighted by Crippen LogP contribution is 2.10. The van der Waals surface area contributed by atoms with Crippen molar-refractivity contribution in [2.45, 2.75) is 32.9 Å². The molecule has 8 heteroatoms.